The fraction of sp³-hybridized carbons (Fsp3) is 0.154. The molecule has 2 aromatic heterocycles. The summed E-state index contributed by atoms with van der Waals surface area (Å²) >= 11 is 1.37. The van der Waals surface area contributed by atoms with Crippen LogP contribution in [-0.4, -0.2) is 37.0 Å². The first-order valence-corrected chi connectivity index (χ1v) is 12.6. The van der Waals surface area contributed by atoms with Gasteiger partial charge in [-0.3, -0.25) is 14.8 Å². The molecule has 0 fully saturated rings. The molecule has 0 radical (unpaired) electrons. The Labute approximate surface area is 223 Å². The Hall–Kier alpha value is -4.65. The van der Waals surface area contributed by atoms with Gasteiger partial charge in [0.25, 0.3) is 11.5 Å². The van der Waals surface area contributed by atoms with E-state index in [1.165, 1.54) is 17.4 Å². The molecule has 0 unspecified atom stereocenters. The van der Waals surface area contributed by atoms with E-state index in [4.69, 9.17) is 5.73 Å². The van der Waals surface area contributed by atoms with Gasteiger partial charge in [-0.1, -0.05) is 12.1 Å². The Kier molecular flexibility index (Phi) is 5.87. The van der Waals surface area contributed by atoms with E-state index in [9.17, 15) is 18.0 Å². The van der Waals surface area contributed by atoms with Gasteiger partial charge in [0, 0.05) is 42.2 Å². The summed E-state index contributed by atoms with van der Waals surface area (Å²) in [6.07, 6.45) is -0.473. The van der Waals surface area contributed by atoms with Crippen molar-refractivity contribution in [3.63, 3.8) is 0 Å². The van der Waals surface area contributed by atoms with Crippen LogP contribution in [0.2, 0.25) is 0 Å². The molecular formula is C26H19F3N8OS. The largest absolute Gasteiger partial charge is 0.417 e. The van der Waals surface area contributed by atoms with Gasteiger partial charge in [0.05, 0.1) is 17.3 Å². The first kappa shape index (κ1) is 24.7. The average Bonchev–Trinajstić information content (AvgIpc) is 3.60. The Morgan fingerprint density at radius 1 is 1.13 bits per heavy atom. The summed E-state index contributed by atoms with van der Waals surface area (Å²) in [6, 6.07) is 7.62. The number of nitrogens with one attached hydrogen (secondary N) is 1. The standard InChI is InChI=1S/C26H19F3N8OS/c1-13-2-3-14(20-18(26(27,28)29)4-5-32-21(20)22(30)38)8-16(13)17-9-15-10-34-25(35-19-11-31-12-39-19)36-23(15)37-7-6-33-24(17)37/h2-5,8-12,33H,6-7H2,1H3,(H2,30,38). The molecule has 3 aromatic rings. The van der Waals surface area contributed by atoms with Crippen LogP contribution in [-0.2, 0) is 12.7 Å². The minimum absolute atomic E-state index is 0.177. The van der Waals surface area contributed by atoms with Crippen LogP contribution in [0, 0.1) is 6.92 Å². The maximum Gasteiger partial charge on any atom is 0.417 e. The first-order chi connectivity index (χ1) is 18.7. The predicted octanol–water partition coefficient (Wildman–Crippen LogP) is 4.65. The predicted molar refractivity (Wildman–Crippen MR) is 139 cm³/mol. The number of pyridine rings is 2. The lowest BCUT2D eigenvalue weighted by Crippen LogP contribution is -2.18. The molecule has 3 aliphatic heterocycles. The van der Waals surface area contributed by atoms with Crippen LogP contribution in [0.25, 0.3) is 33.6 Å². The summed E-state index contributed by atoms with van der Waals surface area (Å²) in [6.45, 7) is 3.14. The van der Waals surface area contributed by atoms with Crippen LogP contribution in [0.3, 0.4) is 0 Å². The van der Waals surface area contributed by atoms with Gasteiger partial charge in [-0.25, -0.2) is 4.98 Å². The zero-order chi connectivity index (χ0) is 27.3. The summed E-state index contributed by atoms with van der Waals surface area (Å²) in [7, 11) is 0. The summed E-state index contributed by atoms with van der Waals surface area (Å²) in [5.41, 5.74) is 8.80. The second-order valence-electron chi connectivity index (χ2n) is 8.86. The van der Waals surface area contributed by atoms with Gasteiger partial charge in [-0.2, -0.15) is 23.1 Å². The lowest BCUT2D eigenvalue weighted by atomic mass is 9.91. The Morgan fingerprint density at radius 3 is 2.69 bits per heavy atom. The number of carbonyl (C=O) groups excluding carboxylic acids is 1. The highest BCUT2D eigenvalue weighted by Gasteiger charge is 2.36. The normalized spacial score (nSPS) is 13.5. The molecule has 9 nitrogen and oxygen atoms in total. The van der Waals surface area contributed by atoms with Crippen LogP contribution in [0.1, 0.15) is 21.6 Å². The maximum atomic E-state index is 14.0. The fourth-order valence-corrected chi connectivity index (χ4v) is 5.21. The number of hydrogen-bond acceptors (Lipinski definition) is 8. The van der Waals surface area contributed by atoms with Crippen molar-refractivity contribution in [3.05, 3.63) is 76.9 Å². The molecule has 1 amide bonds. The van der Waals surface area contributed by atoms with E-state index in [1.807, 2.05) is 17.6 Å². The van der Waals surface area contributed by atoms with E-state index in [0.29, 0.717) is 35.1 Å². The summed E-state index contributed by atoms with van der Waals surface area (Å²) in [4.78, 5) is 33.4. The number of nitrogens with zero attached hydrogens (tertiary/aromatic N) is 6. The molecule has 3 aliphatic rings. The lowest BCUT2D eigenvalue weighted by molar-refractivity contribution is -0.137. The number of halogens is 3. The van der Waals surface area contributed by atoms with E-state index in [2.05, 4.69) is 30.2 Å². The van der Waals surface area contributed by atoms with Crippen molar-refractivity contribution in [2.75, 3.05) is 11.9 Å². The van der Waals surface area contributed by atoms with Gasteiger partial charge >= 0.3 is 6.18 Å². The number of aromatic nitrogens is 5. The molecule has 13 heteroatoms. The summed E-state index contributed by atoms with van der Waals surface area (Å²) in [5.74, 6) is 0.398. The summed E-state index contributed by atoms with van der Waals surface area (Å²) in [5, 5.41) is 4.06. The smallest absolute Gasteiger partial charge is 0.369 e. The molecule has 0 aliphatic carbocycles. The molecule has 5 heterocycles. The molecule has 1 aromatic carbocycles. The molecule has 0 spiro atoms. The second kappa shape index (κ2) is 9.27. The minimum Gasteiger partial charge on any atom is -0.369 e. The molecule has 0 bridgehead atoms. The lowest BCUT2D eigenvalue weighted by Gasteiger charge is -2.20. The van der Waals surface area contributed by atoms with E-state index < -0.39 is 23.3 Å². The van der Waals surface area contributed by atoms with E-state index >= 15 is 0 Å². The van der Waals surface area contributed by atoms with Crippen LogP contribution in [0.5, 0.6) is 0 Å². The fourth-order valence-electron chi connectivity index (χ4n) is 4.73. The number of alkyl halides is 3. The van der Waals surface area contributed by atoms with E-state index in [0.717, 1.165) is 34.8 Å². The molecule has 0 saturated carbocycles. The van der Waals surface area contributed by atoms with Gasteiger partial charge in [0.1, 0.15) is 22.3 Å². The van der Waals surface area contributed by atoms with Crippen molar-refractivity contribution in [1.29, 1.82) is 0 Å². The molecule has 3 N–H and O–H groups in total. The molecule has 196 valence electrons. The SMILES string of the molecule is Cc1ccc(-c2c(C(F)(F)F)ccnc2C(N)=O)cc1-c1cc2cnc(=Nc3cncs3)nc-2n2c1NCC2. The van der Waals surface area contributed by atoms with Crippen LogP contribution in [0.4, 0.5) is 24.0 Å². The van der Waals surface area contributed by atoms with Gasteiger partial charge < -0.3 is 15.6 Å². The molecule has 0 atom stereocenters. The first-order valence-electron chi connectivity index (χ1n) is 11.8. The number of carbonyl (C=O) groups is 1. The number of fused-ring (bicyclic) bond motifs is 3. The van der Waals surface area contributed by atoms with Crippen LogP contribution >= 0.6 is 11.3 Å². The highest BCUT2D eigenvalue weighted by Crippen LogP contribution is 2.42. The summed E-state index contributed by atoms with van der Waals surface area (Å²) < 4.78 is 43.9. The Balaban J connectivity index is 1.56. The number of amides is 1. The zero-order valence-corrected chi connectivity index (χ0v) is 21.1. The highest BCUT2D eigenvalue weighted by molar-refractivity contribution is 7.13. The van der Waals surface area contributed by atoms with Crippen molar-refractivity contribution >= 4 is 28.1 Å². The van der Waals surface area contributed by atoms with Gasteiger partial charge in [-0.05, 0) is 41.8 Å². The average molecular weight is 549 g/mol. The van der Waals surface area contributed by atoms with Crippen molar-refractivity contribution in [2.24, 2.45) is 10.7 Å². The third-order valence-corrected chi connectivity index (χ3v) is 7.09. The van der Waals surface area contributed by atoms with Crippen LogP contribution < -0.4 is 16.7 Å². The molecule has 0 saturated heterocycles. The van der Waals surface area contributed by atoms with Gasteiger partial charge in [-0.15, -0.1) is 11.3 Å². The van der Waals surface area contributed by atoms with Crippen LogP contribution in [0.15, 0.2) is 59.4 Å². The van der Waals surface area contributed by atoms with Gasteiger partial charge in [0.15, 0.2) is 0 Å². The highest BCUT2D eigenvalue weighted by atomic mass is 32.1. The maximum absolute atomic E-state index is 14.0. The van der Waals surface area contributed by atoms with Crippen molar-refractivity contribution in [2.45, 2.75) is 19.6 Å². The Bertz CT molecular complexity index is 1780. The van der Waals surface area contributed by atoms with Crippen molar-refractivity contribution < 1.29 is 18.0 Å². The minimum atomic E-state index is -4.71. The topological polar surface area (TPSA) is 124 Å². The zero-order valence-electron chi connectivity index (χ0n) is 20.3. The number of anilines is 1. The Morgan fingerprint density at radius 2 is 1.95 bits per heavy atom. The van der Waals surface area contributed by atoms with E-state index in [-0.39, 0.29) is 11.1 Å². The number of thiazole rings is 1. The number of nitrogens with two attached hydrogens (primary N) is 1. The number of rotatable bonds is 4. The third-order valence-electron chi connectivity index (χ3n) is 6.43. The second-order valence-corrected chi connectivity index (χ2v) is 9.72. The van der Waals surface area contributed by atoms with Crippen molar-refractivity contribution in [3.8, 4) is 33.6 Å². The molecule has 6 rings (SSSR count). The number of benzene rings is 1. The monoisotopic (exact) mass is 548 g/mol. The third kappa shape index (κ3) is 4.40. The molecular weight excluding hydrogens is 529 g/mol. The quantitative estimate of drug-likeness (QED) is 0.337. The number of primary amides is 1. The van der Waals surface area contributed by atoms with E-state index in [1.54, 1.807) is 30.0 Å². The number of aryl methyl sites for hydroxylation is 1. The molecule has 39 heavy (non-hydrogen) atoms. The van der Waals surface area contributed by atoms with Gasteiger partial charge in [0.2, 0.25) is 0 Å². The van der Waals surface area contributed by atoms with Crippen molar-refractivity contribution in [1.82, 2.24) is 24.5 Å². The number of hydrogen-bond donors (Lipinski definition) is 2.